The molecular weight excluding hydrogens is 334 g/mol. The lowest BCUT2D eigenvalue weighted by Gasteiger charge is -2.14. The van der Waals surface area contributed by atoms with Crippen LogP contribution in [0.25, 0.3) is 10.8 Å². The summed E-state index contributed by atoms with van der Waals surface area (Å²) in [6.07, 6.45) is 1.65. The van der Waals surface area contributed by atoms with E-state index in [1.165, 1.54) is 0 Å². The highest BCUT2D eigenvalue weighted by Crippen LogP contribution is 2.26. The minimum Gasteiger partial charge on any atom is -0.432 e. The average molecular weight is 351 g/mol. The van der Waals surface area contributed by atoms with Gasteiger partial charge in [0, 0.05) is 31.2 Å². The number of aromatic nitrogens is 1. The van der Waals surface area contributed by atoms with E-state index in [-0.39, 0.29) is 5.91 Å². The summed E-state index contributed by atoms with van der Waals surface area (Å²) in [5, 5.41) is 4.96. The molecule has 6 heteroatoms. The first-order valence-corrected chi connectivity index (χ1v) is 8.10. The van der Waals surface area contributed by atoms with Crippen molar-refractivity contribution in [3.8, 4) is 5.75 Å². The van der Waals surface area contributed by atoms with E-state index in [1.807, 2.05) is 50.5 Å². The molecule has 25 heavy (non-hydrogen) atoms. The number of nitrogens with zero attached hydrogens (tertiary/aromatic N) is 2. The number of amides is 1. The highest BCUT2D eigenvalue weighted by atomic mass is 32.1. The second kappa shape index (κ2) is 7.27. The van der Waals surface area contributed by atoms with Gasteiger partial charge in [0.05, 0.1) is 0 Å². The van der Waals surface area contributed by atoms with Crippen LogP contribution in [0, 0.1) is 0 Å². The van der Waals surface area contributed by atoms with Crippen molar-refractivity contribution < 1.29 is 9.53 Å². The third-order valence-corrected chi connectivity index (χ3v) is 4.02. The van der Waals surface area contributed by atoms with Gasteiger partial charge >= 0.3 is 0 Å². The number of benzene rings is 2. The molecule has 5 nitrogen and oxygen atoms in total. The quantitative estimate of drug-likeness (QED) is 0.729. The van der Waals surface area contributed by atoms with Crippen LogP contribution in [-0.2, 0) is 0 Å². The summed E-state index contributed by atoms with van der Waals surface area (Å²) in [6.45, 7) is 0. The van der Waals surface area contributed by atoms with E-state index in [0.29, 0.717) is 22.3 Å². The topological polar surface area (TPSA) is 54.5 Å². The predicted molar refractivity (Wildman–Crippen MR) is 103 cm³/mol. The van der Waals surface area contributed by atoms with Crippen LogP contribution < -0.4 is 10.1 Å². The van der Waals surface area contributed by atoms with E-state index in [0.717, 1.165) is 10.8 Å². The average Bonchev–Trinajstić information content (AvgIpc) is 2.62. The van der Waals surface area contributed by atoms with Gasteiger partial charge in [-0.2, -0.15) is 0 Å². The van der Waals surface area contributed by atoms with Crippen molar-refractivity contribution in [3.05, 3.63) is 66.4 Å². The maximum absolute atomic E-state index is 12.3. The van der Waals surface area contributed by atoms with Gasteiger partial charge in [-0.25, -0.2) is 4.98 Å². The highest BCUT2D eigenvalue weighted by Gasteiger charge is 2.10. The molecule has 0 unspecified atom stereocenters. The number of carbonyl (C=O) groups excluding carboxylic acids is 1. The molecule has 126 valence electrons. The Morgan fingerprint density at radius 3 is 2.60 bits per heavy atom. The Bertz CT molecular complexity index is 926. The zero-order chi connectivity index (χ0) is 17.8. The normalized spacial score (nSPS) is 10.3. The van der Waals surface area contributed by atoms with Crippen molar-refractivity contribution in [3.63, 3.8) is 0 Å². The predicted octanol–water partition coefficient (Wildman–Crippen LogP) is 3.71. The van der Waals surface area contributed by atoms with Gasteiger partial charge in [-0.05, 0) is 54.0 Å². The Hall–Kier alpha value is -2.99. The Morgan fingerprint density at radius 1 is 1.12 bits per heavy atom. The summed E-state index contributed by atoms with van der Waals surface area (Å²) >= 11 is 5.15. The van der Waals surface area contributed by atoms with E-state index < -0.39 is 0 Å². The van der Waals surface area contributed by atoms with E-state index in [2.05, 4.69) is 10.3 Å². The third-order valence-electron chi connectivity index (χ3n) is 3.57. The van der Waals surface area contributed by atoms with Crippen LogP contribution in [0.3, 0.4) is 0 Å². The van der Waals surface area contributed by atoms with Crippen molar-refractivity contribution in [1.82, 2.24) is 9.88 Å². The van der Waals surface area contributed by atoms with Gasteiger partial charge in [0.2, 0.25) is 0 Å². The van der Waals surface area contributed by atoms with E-state index in [9.17, 15) is 4.79 Å². The Labute approximate surface area is 151 Å². The number of rotatable bonds is 3. The van der Waals surface area contributed by atoms with Crippen molar-refractivity contribution in [2.24, 2.45) is 0 Å². The molecule has 3 rings (SSSR count). The lowest BCUT2D eigenvalue weighted by molar-refractivity contribution is 0.102. The fraction of sp³-hybridized carbons (Fsp3) is 0.105. The van der Waals surface area contributed by atoms with Gasteiger partial charge in [0.15, 0.2) is 0 Å². The summed E-state index contributed by atoms with van der Waals surface area (Å²) in [5.74, 6) is 0.945. The zero-order valence-electron chi connectivity index (χ0n) is 13.9. The molecule has 2 aromatic carbocycles. The van der Waals surface area contributed by atoms with E-state index >= 15 is 0 Å². The molecule has 0 saturated carbocycles. The van der Waals surface area contributed by atoms with E-state index in [1.54, 1.807) is 29.3 Å². The lowest BCUT2D eigenvalue weighted by atomic mass is 10.1. The van der Waals surface area contributed by atoms with Crippen LogP contribution in [0.1, 0.15) is 10.4 Å². The summed E-state index contributed by atoms with van der Waals surface area (Å²) in [4.78, 5) is 18.4. The van der Waals surface area contributed by atoms with Crippen molar-refractivity contribution >= 4 is 39.9 Å². The second-order valence-electron chi connectivity index (χ2n) is 5.63. The van der Waals surface area contributed by atoms with Gasteiger partial charge < -0.3 is 15.0 Å². The number of fused-ring (bicyclic) bond motifs is 1. The van der Waals surface area contributed by atoms with Crippen molar-refractivity contribution in [2.75, 3.05) is 19.4 Å². The summed E-state index contributed by atoms with van der Waals surface area (Å²) in [6, 6.07) is 16.4. The highest BCUT2D eigenvalue weighted by molar-refractivity contribution is 7.80. The van der Waals surface area contributed by atoms with Gasteiger partial charge in [0.25, 0.3) is 11.1 Å². The van der Waals surface area contributed by atoms with Crippen LogP contribution in [0.5, 0.6) is 5.75 Å². The summed E-state index contributed by atoms with van der Waals surface area (Å²) in [7, 11) is 3.65. The van der Waals surface area contributed by atoms with Crippen LogP contribution in [-0.4, -0.2) is 35.1 Å². The fourth-order valence-corrected chi connectivity index (χ4v) is 2.38. The minimum atomic E-state index is -0.199. The number of thiocarbonyl (C=S) groups is 1. The summed E-state index contributed by atoms with van der Waals surface area (Å²) < 4.78 is 5.62. The molecule has 0 bridgehead atoms. The molecule has 1 amide bonds. The van der Waals surface area contributed by atoms with Gasteiger partial charge in [-0.15, -0.1) is 0 Å². The molecule has 3 aromatic rings. The Morgan fingerprint density at radius 2 is 1.88 bits per heavy atom. The van der Waals surface area contributed by atoms with Crippen LogP contribution >= 0.6 is 12.2 Å². The van der Waals surface area contributed by atoms with Crippen LogP contribution in [0.15, 0.2) is 60.8 Å². The van der Waals surface area contributed by atoms with Gasteiger partial charge in [-0.1, -0.05) is 18.2 Å². The standard InChI is InChI=1S/C19H17N3O2S/c1-22(2)19(25)24-15-8-9-16-14(12-15)10-11-20-17(16)21-18(23)13-6-4-3-5-7-13/h3-12H,1-2H3,(H,20,21,23). The molecule has 0 radical (unpaired) electrons. The number of anilines is 1. The first-order valence-electron chi connectivity index (χ1n) is 7.69. The minimum absolute atomic E-state index is 0.199. The van der Waals surface area contributed by atoms with Gasteiger partial charge in [-0.3, -0.25) is 4.79 Å². The molecule has 0 saturated heterocycles. The molecule has 0 fully saturated rings. The Balaban J connectivity index is 1.87. The maximum Gasteiger partial charge on any atom is 0.264 e. The molecule has 0 aliphatic rings. The number of nitrogens with one attached hydrogen (secondary N) is 1. The largest absolute Gasteiger partial charge is 0.432 e. The van der Waals surface area contributed by atoms with Crippen molar-refractivity contribution in [2.45, 2.75) is 0 Å². The number of carbonyl (C=O) groups is 1. The molecule has 0 aliphatic heterocycles. The fourth-order valence-electron chi connectivity index (χ4n) is 2.28. The van der Waals surface area contributed by atoms with Gasteiger partial charge in [0.1, 0.15) is 11.6 Å². The van der Waals surface area contributed by atoms with Crippen molar-refractivity contribution in [1.29, 1.82) is 0 Å². The molecular formula is C19H17N3O2S. The number of hydrogen-bond acceptors (Lipinski definition) is 4. The molecule has 0 atom stereocenters. The third kappa shape index (κ3) is 3.92. The first-order chi connectivity index (χ1) is 12.0. The summed E-state index contributed by atoms with van der Waals surface area (Å²) in [5.41, 5.74) is 0.581. The zero-order valence-corrected chi connectivity index (χ0v) is 14.7. The van der Waals surface area contributed by atoms with Crippen LogP contribution in [0.2, 0.25) is 0 Å². The molecule has 1 heterocycles. The Kier molecular flexibility index (Phi) is 4.90. The number of hydrogen-bond donors (Lipinski definition) is 1. The maximum atomic E-state index is 12.3. The van der Waals surface area contributed by atoms with E-state index in [4.69, 9.17) is 17.0 Å². The first kappa shape index (κ1) is 16.9. The second-order valence-corrected chi connectivity index (χ2v) is 5.97. The molecule has 0 aliphatic carbocycles. The van der Waals surface area contributed by atoms with Crippen LogP contribution in [0.4, 0.5) is 5.82 Å². The number of pyridine rings is 1. The molecule has 1 aromatic heterocycles. The molecule has 1 N–H and O–H groups in total. The molecule has 0 spiro atoms. The SMILES string of the molecule is CN(C)C(=S)Oc1ccc2c(NC(=O)c3ccccc3)nccc2c1. The smallest absolute Gasteiger partial charge is 0.264 e. The monoisotopic (exact) mass is 351 g/mol. The lowest BCUT2D eigenvalue weighted by Crippen LogP contribution is -2.24. The number of ether oxygens (including phenoxy) is 1.